The molecule has 8 heteroatoms. The Morgan fingerprint density at radius 1 is 1.10 bits per heavy atom. The summed E-state index contributed by atoms with van der Waals surface area (Å²) in [5.41, 5.74) is 2.16. The Bertz CT molecular complexity index is 1180. The first-order chi connectivity index (χ1) is 14.8. The Hall–Kier alpha value is -2.45. The van der Waals surface area contributed by atoms with Crippen LogP contribution in [0.1, 0.15) is 37.7 Å². The number of nitrogens with zero attached hydrogens (tertiary/aromatic N) is 2. The number of hydrogen-bond donors (Lipinski definition) is 0. The minimum atomic E-state index is -4.66. The smallest absolute Gasteiger partial charge is 0.345 e. The summed E-state index contributed by atoms with van der Waals surface area (Å²) in [6.07, 6.45) is 5.16. The van der Waals surface area contributed by atoms with Crippen LogP contribution in [0.4, 0.5) is 8.78 Å². The maximum absolute atomic E-state index is 14.0. The lowest BCUT2D eigenvalue weighted by molar-refractivity contribution is 0.256. The van der Waals surface area contributed by atoms with Crippen molar-refractivity contribution in [1.82, 2.24) is 9.47 Å². The molecular weight excluding hydrogens is 422 g/mol. The van der Waals surface area contributed by atoms with Gasteiger partial charge in [0.2, 0.25) is 0 Å². The third-order valence-corrected chi connectivity index (χ3v) is 7.18. The van der Waals surface area contributed by atoms with E-state index in [1.807, 2.05) is 6.07 Å². The summed E-state index contributed by atoms with van der Waals surface area (Å²) < 4.78 is 60.6. The monoisotopic (exact) mass is 448 g/mol. The number of likely N-dealkylation sites (tertiary alicyclic amines) is 1. The van der Waals surface area contributed by atoms with Gasteiger partial charge in [-0.2, -0.15) is 8.42 Å². The summed E-state index contributed by atoms with van der Waals surface area (Å²) in [4.78, 5) is 1.22. The van der Waals surface area contributed by atoms with Crippen LogP contribution in [0.15, 0.2) is 47.5 Å². The number of fused-ring (bicyclic) bond motifs is 1. The van der Waals surface area contributed by atoms with Crippen LogP contribution >= 0.6 is 0 Å². The molecule has 2 aromatic carbocycles. The van der Waals surface area contributed by atoms with E-state index in [1.165, 1.54) is 6.07 Å². The molecule has 1 aliphatic rings. The minimum absolute atomic E-state index is 0.0404. The second kappa shape index (κ2) is 8.59. The minimum Gasteiger partial charge on any atom is -0.379 e. The van der Waals surface area contributed by atoms with Gasteiger partial charge < -0.3 is 13.7 Å². The van der Waals surface area contributed by atoms with Gasteiger partial charge in [-0.1, -0.05) is 13.0 Å². The molecule has 1 saturated heterocycles. The molecule has 3 aromatic rings. The van der Waals surface area contributed by atoms with Gasteiger partial charge in [0.1, 0.15) is 17.4 Å². The van der Waals surface area contributed by atoms with Gasteiger partial charge in [-0.15, -0.1) is 0 Å². The predicted molar refractivity (Wildman–Crippen MR) is 116 cm³/mol. The van der Waals surface area contributed by atoms with Crippen molar-refractivity contribution in [2.24, 2.45) is 0 Å². The zero-order valence-electron chi connectivity index (χ0n) is 17.6. The first-order valence-corrected chi connectivity index (χ1v) is 11.9. The molecule has 0 radical (unpaired) electrons. The SMILES string of the molecule is CCCn1cc(C2CCN(C)CC2)c2cc(OS(=O)(=O)c3c(F)cccc3F)ccc21. The molecule has 0 unspecified atom stereocenters. The Morgan fingerprint density at radius 2 is 1.77 bits per heavy atom. The van der Waals surface area contributed by atoms with E-state index in [2.05, 4.69) is 29.6 Å². The van der Waals surface area contributed by atoms with E-state index < -0.39 is 26.6 Å². The van der Waals surface area contributed by atoms with Gasteiger partial charge in [0, 0.05) is 23.6 Å². The first-order valence-electron chi connectivity index (χ1n) is 10.5. The normalized spacial score (nSPS) is 16.1. The molecule has 0 N–H and O–H groups in total. The van der Waals surface area contributed by atoms with Crippen LogP contribution < -0.4 is 4.18 Å². The molecule has 0 spiro atoms. The average Bonchev–Trinajstić information content (AvgIpc) is 3.06. The third kappa shape index (κ3) is 4.32. The van der Waals surface area contributed by atoms with Crippen molar-refractivity contribution in [2.45, 2.75) is 43.5 Å². The van der Waals surface area contributed by atoms with Crippen LogP contribution in [0.25, 0.3) is 10.9 Å². The Morgan fingerprint density at radius 3 is 2.42 bits per heavy atom. The summed E-state index contributed by atoms with van der Waals surface area (Å²) in [6, 6.07) is 7.91. The molecule has 0 atom stereocenters. The maximum atomic E-state index is 14.0. The second-order valence-corrected chi connectivity index (χ2v) is 9.61. The largest absolute Gasteiger partial charge is 0.379 e. The van der Waals surface area contributed by atoms with Crippen molar-refractivity contribution in [3.8, 4) is 5.75 Å². The zero-order valence-corrected chi connectivity index (χ0v) is 18.5. The molecule has 0 aliphatic carbocycles. The fourth-order valence-corrected chi connectivity index (χ4v) is 5.37. The summed E-state index contributed by atoms with van der Waals surface area (Å²) in [5.74, 6) is -1.95. The fraction of sp³-hybridized carbons (Fsp3) is 0.391. The fourth-order valence-electron chi connectivity index (χ4n) is 4.32. The molecule has 4 rings (SSSR count). The van der Waals surface area contributed by atoms with Crippen LogP contribution in [0.2, 0.25) is 0 Å². The van der Waals surface area contributed by atoms with Crippen molar-refractivity contribution >= 4 is 21.0 Å². The number of aromatic nitrogens is 1. The highest BCUT2D eigenvalue weighted by Gasteiger charge is 2.27. The summed E-state index contributed by atoms with van der Waals surface area (Å²) in [5, 5.41) is 0.921. The Kier molecular flexibility index (Phi) is 6.03. The van der Waals surface area contributed by atoms with Crippen molar-refractivity contribution in [2.75, 3.05) is 20.1 Å². The maximum Gasteiger partial charge on any atom is 0.345 e. The molecule has 1 aromatic heterocycles. The van der Waals surface area contributed by atoms with E-state index in [0.29, 0.717) is 5.92 Å². The van der Waals surface area contributed by atoms with Gasteiger partial charge in [-0.05, 0) is 81.2 Å². The lowest BCUT2D eigenvalue weighted by Crippen LogP contribution is -2.29. The lowest BCUT2D eigenvalue weighted by Gasteiger charge is -2.28. The molecular formula is C23H26F2N2O3S. The number of hydrogen-bond acceptors (Lipinski definition) is 4. The molecule has 2 heterocycles. The zero-order chi connectivity index (χ0) is 22.2. The van der Waals surface area contributed by atoms with Gasteiger partial charge in [0.15, 0.2) is 4.90 Å². The van der Waals surface area contributed by atoms with Gasteiger partial charge in [0.05, 0.1) is 0 Å². The molecule has 5 nitrogen and oxygen atoms in total. The highest BCUT2D eigenvalue weighted by atomic mass is 32.2. The number of aryl methyl sites for hydroxylation is 1. The van der Waals surface area contributed by atoms with Crippen LogP contribution in [-0.4, -0.2) is 38.0 Å². The molecule has 1 fully saturated rings. The standard InChI is InChI=1S/C23H26F2N2O3S/c1-3-11-27-15-19(16-9-12-26(2)13-10-16)18-14-17(7-8-22(18)27)30-31(28,29)23-20(24)5-4-6-21(23)25/h4-8,14-16H,3,9-13H2,1-2H3. The molecule has 0 amide bonds. The molecule has 1 aliphatic heterocycles. The van der Waals surface area contributed by atoms with Crippen LogP contribution in [0.5, 0.6) is 5.75 Å². The first kappa shape index (κ1) is 21.8. The number of piperidine rings is 1. The van der Waals surface area contributed by atoms with Gasteiger partial charge >= 0.3 is 10.1 Å². The predicted octanol–water partition coefficient (Wildman–Crippen LogP) is 4.91. The van der Waals surface area contributed by atoms with Gasteiger partial charge in [-0.25, -0.2) is 8.78 Å². The molecule has 31 heavy (non-hydrogen) atoms. The highest BCUT2D eigenvalue weighted by Crippen LogP contribution is 2.36. The van der Waals surface area contributed by atoms with Crippen LogP contribution in [0, 0.1) is 11.6 Å². The summed E-state index contributed by atoms with van der Waals surface area (Å²) >= 11 is 0. The Balaban J connectivity index is 1.74. The lowest BCUT2D eigenvalue weighted by atomic mass is 9.89. The topological polar surface area (TPSA) is 51.5 Å². The number of benzene rings is 2. The molecule has 0 bridgehead atoms. The second-order valence-electron chi connectivity index (χ2n) is 8.12. The molecule has 0 saturated carbocycles. The van der Waals surface area contributed by atoms with Crippen molar-refractivity contribution < 1.29 is 21.4 Å². The van der Waals surface area contributed by atoms with E-state index in [0.717, 1.165) is 73.6 Å². The van der Waals surface area contributed by atoms with Crippen molar-refractivity contribution in [1.29, 1.82) is 0 Å². The van der Waals surface area contributed by atoms with Crippen LogP contribution in [0.3, 0.4) is 0 Å². The highest BCUT2D eigenvalue weighted by molar-refractivity contribution is 7.87. The molecule has 166 valence electrons. The van der Waals surface area contributed by atoms with E-state index in [1.54, 1.807) is 6.07 Å². The van der Waals surface area contributed by atoms with E-state index >= 15 is 0 Å². The number of rotatable bonds is 6. The van der Waals surface area contributed by atoms with E-state index in [9.17, 15) is 17.2 Å². The van der Waals surface area contributed by atoms with E-state index in [-0.39, 0.29) is 5.75 Å². The third-order valence-electron chi connectivity index (χ3n) is 5.88. The van der Waals surface area contributed by atoms with Gasteiger partial charge in [-0.3, -0.25) is 0 Å². The van der Waals surface area contributed by atoms with Crippen LogP contribution in [-0.2, 0) is 16.7 Å². The summed E-state index contributed by atoms with van der Waals surface area (Å²) in [7, 11) is -2.55. The summed E-state index contributed by atoms with van der Waals surface area (Å²) in [6.45, 7) is 4.96. The number of halogens is 2. The van der Waals surface area contributed by atoms with E-state index in [4.69, 9.17) is 4.18 Å². The van der Waals surface area contributed by atoms with Crippen molar-refractivity contribution in [3.63, 3.8) is 0 Å². The Labute approximate surface area is 181 Å². The average molecular weight is 449 g/mol. The quantitative estimate of drug-likeness (QED) is 0.503. The van der Waals surface area contributed by atoms with Crippen molar-refractivity contribution in [3.05, 3.63) is 59.8 Å². The van der Waals surface area contributed by atoms with Gasteiger partial charge in [0.25, 0.3) is 0 Å².